The molecule has 0 unspecified atom stereocenters. The monoisotopic (exact) mass is 922 g/mol. The van der Waals surface area contributed by atoms with E-state index in [1.165, 1.54) is 0 Å². The van der Waals surface area contributed by atoms with Crippen LogP contribution >= 0.6 is 0 Å². The third-order valence-corrected chi connectivity index (χ3v) is 0. The Labute approximate surface area is 187 Å². The van der Waals surface area contributed by atoms with Crippen LogP contribution < -0.4 is 0 Å². The van der Waals surface area contributed by atoms with E-state index in [1.54, 1.807) is 0 Å². The van der Waals surface area contributed by atoms with E-state index >= 15 is 0 Å². The zero-order chi connectivity index (χ0) is 18.0. The van der Waals surface area contributed by atoms with Gasteiger partial charge in [-0.25, -0.2) is 0 Å². The largest absolute Gasteiger partial charge is 3.00 e. The Kier molecular flexibility index (Phi) is 36.5. The summed E-state index contributed by atoms with van der Waals surface area (Å²) in [6.45, 7) is 0. The van der Waals surface area contributed by atoms with E-state index in [0.717, 1.165) is 0 Å². The Bertz CT molecular complexity index is 485. The summed E-state index contributed by atoms with van der Waals surface area (Å²) in [6, 6.07) is 0. The Hall–Kier alpha value is 2.10. The van der Waals surface area contributed by atoms with Crippen molar-refractivity contribution in [2.75, 3.05) is 0 Å². The molecule has 23 heteroatoms. The summed E-state index contributed by atoms with van der Waals surface area (Å²) < 4.78 is 136. The van der Waals surface area contributed by atoms with Crippen molar-refractivity contribution < 1.29 is 70.1 Å². The van der Waals surface area contributed by atoms with Crippen molar-refractivity contribution >= 4 is 120 Å². The second kappa shape index (κ2) is 18.9. The molecule has 0 aliphatic carbocycles. The first kappa shape index (κ1) is 44.5. The van der Waals surface area contributed by atoms with Crippen LogP contribution in [-0.2, 0) is 41.6 Å². The van der Waals surface area contributed by atoms with E-state index in [9.17, 15) is 0 Å². The average Bonchev–Trinajstić information content (AvgIpc) is 1.62. The van der Waals surface area contributed by atoms with Crippen LogP contribution in [0.4, 0.5) is 0 Å². The summed E-state index contributed by atoms with van der Waals surface area (Å²) in [5.74, 6) is 0. The van der Waals surface area contributed by atoms with Gasteiger partial charge in [0.25, 0.3) is 0 Å². The Morgan fingerprint density at radius 1 is 0.391 bits per heavy atom. The van der Waals surface area contributed by atoms with E-state index in [2.05, 4.69) is 0 Å². The first-order chi connectivity index (χ1) is 8.00. The molecule has 0 aliphatic rings. The first-order valence-electron chi connectivity index (χ1n) is 2.67. The maximum Gasteiger partial charge on any atom is 3.00 e. The normalized spacial score (nSPS) is 10.1. The van der Waals surface area contributed by atoms with Gasteiger partial charge < -0.3 is 36.4 Å². The Morgan fingerprint density at radius 3 is 0.391 bits per heavy atom. The van der Waals surface area contributed by atoms with Crippen LogP contribution in [0.3, 0.4) is 0 Å². The molecule has 0 aromatic carbocycles. The van der Waals surface area contributed by atoms with Crippen molar-refractivity contribution in [1.29, 1.82) is 0 Å². The molecular formula is BiO16PbS4Sb. The van der Waals surface area contributed by atoms with E-state index in [-0.39, 0.29) is 77.9 Å². The molecular weight excluding hydrogens is 922 g/mol. The molecule has 6 radical (unpaired) electrons. The van der Waals surface area contributed by atoms with Gasteiger partial charge in [0, 0.05) is 41.6 Å². The fraction of sp³-hybridized carbons (Fsp3) is 0. The van der Waals surface area contributed by atoms with Gasteiger partial charge in [0.15, 0.2) is 0 Å². The molecule has 134 valence electrons. The van der Waals surface area contributed by atoms with Crippen LogP contribution in [0.15, 0.2) is 0 Å². The van der Waals surface area contributed by atoms with Crippen LogP contribution in [0.2, 0.25) is 0 Å². The van der Waals surface area contributed by atoms with Gasteiger partial charge in [-0.15, -0.1) is 0 Å². The molecule has 0 aliphatic heterocycles. The maximum atomic E-state index is 8.52. The first-order valence-corrected chi connectivity index (χ1v) is 8.00. The molecule has 0 saturated heterocycles. The predicted octanol–water partition coefficient (Wildman–Crippen LogP) is -6.49. The van der Waals surface area contributed by atoms with Gasteiger partial charge in [-0.2, -0.15) is 0 Å². The minimum atomic E-state index is -5.17. The standard InChI is InChI=1S/Bi.4H2O4S.Pb.Sb/c;4*1-5(2,3)4;;/h;4*(H2,1,2,3,4);;/q+3;;;;;+2;+3/p-8. The predicted molar refractivity (Wildman–Crippen MR) is 59.2 cm³/mol. The van der Waals surface area contributed by atoms with Gasteiger partial charge in [0.05, 0.1) is 0 Å². The van der Waals surface area contributed by atoms with Gasteiger partial charge in [-0.3, -0.25) is 33.7 Å². The van der Waals surface area contributed by atoms with Gasteiger partial charge in [-0.05, 0) is 0 Å². The molecule has 0 atom stereocenters. The summed E-state index contributed by atoms with van der Waals surface area (Å²) in [6.07, 6.45) is 0. The van der Waals surface area contributed by atoms with Crippen molar-refractivity contribution in [2.45, 2.75) is 0 Å². The zero-order valence-corrected chi connectivity index (χ0v) is 22.7. The minimum Gasteiger partial charge on any atom is -0.759 e. The van der Waals surface area contributed by atoms with Crippen LogP contribution in [0.1, 0.15) is 0 Å². The van der Waals surface area contributed by atoms with Gasteiger partial charge in [0.1, 0.15) is 0 Å². The number of hydrogen-bond acceptors (Lipinski definition) is 16. The molecule has 0 N–H and O–H groups in total. The van der Waals surface area contributed by atoms with Crippen LogP contribution in [-0.4, -0.2) is 148 Å². The minimum absolute atomic E-state index is 0. The molecule has 0 aromatic heterocycles. The Morgan fingerprint density at radius 2 is 0.391 bits per heavy atom. The zero-order valence-electron chi connectivity index (χ0n) is 9.56. The molecule has 23 heavy (non-hydrogen) atoms. The fourth-order valence-electron chi connectivity index (χ4n) is 0. The summed E-state index contributed by atoms with van der Waals surface area (Å²) in [4.78, 5) is 0. The number of rotatable bonds is 0. The molecule has 16 nitrogen and oxygen atoms in total. The third kappa shape index (κ3) is 2660. The maximum absolute atomic E-state index is 8.52. The quantitative estimate of drug-likeness (QED) is 0.124. The van der Waals surface area contributed by atoms with Gasteiger partial charge >= 0.3 is 77.9 Å². The second-order valence-corrected chi connectivity index (χ2v) is 4.90. The van der Waals surface area contributed by atoms with E-state index < -0.39 is 41.6 Å². The van der Waals surface area contributed by atoms with Crippen LogP contribution in [0.5, 0.6) is 0 Å². The van der Waals surface area contributed by atoms with Crippen molar-refractivity contribution in [3.8, 4) is 0 Å². The Balaban J connectivity index is -0.0000000284. The average molecular weight is 922 g/mol. The molecule has 0 fully saturated rings. The molecule has 0 spiro atoms. The summed E-state index contributed by atoms with van der Waals surface area (Å²) >= 11 is 0. The van der Waals surface area contributed by atoms with Gasteiger partial charge in [0.2, 0.25) is 0 Å². The van der Waals surface area contributed by atoms with Crippen molar-refractivity contribution in [3.05, 3.63) is 0 Å². The van der Waals surface area contributed by atoms with Crippen LogP contribution in [0, 0.1) is 0 Å². The second-order valence-electron chi connectivity index (χ2n) is 1.63. The molecule has 0 aromatic rings. The molecule has 0 saturated carbocycles. The van der Waals surface area contributed by atoms with E-state index in [1.807, 2.05) is 0 Å². The van der Waals surface area contributed by atoms with Gasteiger partial charge in [-0.1, -0.05) is 0 Å². The fourth-order valence-corrected chi connectivity index (χ4v) is 0. The number of hydrogen-bond donors (Lipinski definition) is 0. The van der Waals surface area contributed by atoms with Crippen LogP contribution in [0.25, 0.3) is 0 Å². The van der Waals surface area contributed by atoms with Crippen molar-refractivity contribution in [1.82, 2.24) is 0 Å². The SMILES string of the molecule is O=S(=O)([O-])[O-].O=S(=O)([O-])[O-].O=S(=O)([O-])[O-].O=S(=O)([O-])[O-].[Bi+3].[Pb+2].[Sb+3]. The third-order valence-electron chi connectivity index (χ3n) is 0. The summed E-state index contributed by atoms with van der Waals surface area (Å²) in [5.41, 5.74) is 0. The molecule has 0 bridgehead atoms. The summed E-state index contributed by atoms with van der Waals surface area (Å²) in [5, 5.41) is 0. The molecule has 0 amide bonds. The smallest absolute Gasteiger partial charge is 0.759 e. The molecule has 0 rings (SSSR count). The topological polar surface area (TPSA) is 321 Å². The summed E-state index contributed by atoms with van der Waals surface area (Å²) in [7, 11) is -20.7. The molecule has 0 heterocycles. The van der Waals surface area contributed by atoms with Crippen molar-refractivity contribution in [3.63, 3.8) is 0 Å². The van der Waals surface area contributed by atoms with Crippen molar-refractivity contribution in [2.24, 2.45) is 0 Å². The van der Waals surface area contributed by atoms with E-state index in [0.29, 0.717) is 0 Å². The van der Waals surface area contributed by atoms with E-state index in [4.69, 9.17) is 70.1 Å².